The molecule has 3 rings (SSSR count). The predicted molar refractivity (Wildman–Crippen MR) is 121 cm³/mol. The van der Waals surface area contributed by atoms with E-state index in [2.05, 4.69) is 4.98 Å². The van der Waals surface area contributed by atoms with E-state index in [9.17, 15) is 14.4 Å². The third-order valence-corrected chi connectivity index (χ3v) is 6.19. The Balaban J connectivity index is 1.68. The molecule has 0 radical (unpaired) electrons. The van der Waals surface area contributed by atoms with Crippen LogP contribution in [0.15, 0.2) is 17.5 Å². The maximum absolute atomic E-state index is 12.7. The highest BCUT2D eigenvalue weighted by Gasteiger charge is 2.21. The van der Waals surface area contributed by atoms with Crippen LogP contribution in [0.4, 0.5) is 0 Å². The molecule has 0 saturated carbocycles. The molecule has 8 nitrogen and oxygen atoms in total. The van der Waals surface area contributed by atoms with Crippen molar-refractivity contribution in [3.63, 3.8) is 0 Å². The summed E-state index contributed by atoms with van der Waals surface area (Å²) in [5, 5.41) is 2.75. The number of Topliss-reactive ketones (excluding diaryl/α,β-unsaturated/α-hetero) is 1. The quantitative estimate of drug-likeness (QED) is 0.377. The van der Waals surface area contributed by atoms with E-state index >= 15 is 0 Å². The van der Waals surface area contributed by atoms with E-state index in [0.717, 1.165) is 27.9 Å². The largest absolute Gasteiger partial charge is 0.462 e. The van der Waals surface area contributed by atoms with Crippen molar-refractivity contribution in [2.45, 2.75) is 48.1 Å². The maximum atomic E-state index is 12.7. The summed E-state index contributed by atoms with van der Waals surface area (Å²) in [6.45, 7) is 10.8. The van der Waals surface area contributed by atoms with E-state index in [-0.39, 0.29) is 25.5 Å². The molecule has 9 heteroatoms. The molecule has 0 amide bonds. The number of thiazole rings is 1. The molecule has 3 heterocycles. The number of ether oxygens (including phenoxy) is 2. The van der Waals surface area contributed by atoms with Crippen LogP contribution in [0.3, 0.4) is 0 Å². The van der Waals surface area contributed by atoms with Gasteiger partial charge in [-0.3, -0.25) is 14.2 Å². The first kappa shape index (κ1) is 23.5. The number of ketones is 1. The molecule has 0 aromatic carbocycles. The highest BCUT2D eigenvalue weighted by molar-refractivity contribution is 7.12. The molecule has 0 spiro atoms. The Morgan fingerprint density at radius 1 is 0.969 bits per heavy atom. The van der Waals surface area contributed by atoms with Crippen LogP contribution in [0.1, 0.15) is 56.1 Å². The van der Waals surface area contributed by atoms with Crippen molar-refractivity contribution in [2.24, 2.45) is 0 Å². The Morgan fingerprint density at radius 2 is 1.66 bits per heavy atom. The lowest BCUT2D eigenvalue weighted by atomic mass is 10.1. The van der Waals surface area contributed by atoms with E-state index in [1.807, 2.05) is 30.7 Å². The number of carbonyl (C=O) groups is 3. The van der Waals surface area contributed by atoms with Gasteiger partial charge >= 0.3 is 11.9 Å². The Hall–Kier alpha value is -3.20. The lowest BCUT2D eigenvalue weighted by Gasteiger charge is -2.10. The van der Waals surface area contributed by atoms with Gasteiger partial charge in [-0.05, 0) is 53.7 Å². The van der Waals surface area contributed by atoms with Crippen LogP contribution in [0, 0.1) is 34.6 Å². The van der Waals surface area contributed by atoms with Crippen molar-refractivity contribution < 1.29 is 23.9 Å². The normalized spacial score (nSPS) is 10.9. The summed E-state index contributed by atoms with van der Waals surface area (Å²) < 4.78 is 13.9. The third-order valence-electron chi connectivity index (χ3n) is 5.25. The van der Waals surface area contributed by atoms with E-state index in [4.69, 9.17) is 9.47 Å². The van der Waals surface area contributed by atoms with Gasteiger partial charge in [-0.25, -0.2) is 9.78 Å². The van der Waals surface area contributed by atoms with Gasteiger partial charge in [0.15, 0.2) is 11.7 Å². The summed E-state index contributed by atoms with van der Waals surface area (Å²) in [4.78, 5) is 41.7. The lowest BCUT2D eigenvalue weighted by Crippen LogP contribution is -2.20. The first-order valence-electron chi connectivity index (χ1n) is 10.3. The van der Waals surface area contributed by atoms with Crippen LogP contribution in [0.25, 0.3) is 5.13 Å². The molecule has 3 aromatic rings. The molecule has 0 bridgehead atoms. The molecule has 0 unspecified atom stereocenters. The summed E-state index contributed by atoms with van der Waals surface area (Å²) >= 11 is 1.50. The Labute approximate surface area is 190 Å². The Kier molecular flexibility index (Phi) is 6.98. The average molecular weight is 458 g/mol. The number of hydrogen-bond donors (Lipinski definition) is 0. The summed E-state index contributed by atoms with van der Waals surface area (Å²) in [5.74, 6) is -1.26. The van der Waals surface area contributed by atoms with Gasteiger partial charge in [-0.1, -0.05) is 0 Å². The zero-order chi connectivity index (χ0) is 23.6. The Bertz CT molecular complexity index is 1180. The van der Waals surface area contributed by atoms with Crippen LogP contribution in [-0.2, 0) is 20.8 Å². The number of carbonyl (C=O) groups excluding carboxylic acids is 3. The van der Waals surface area contributed by atoms with Crippen LogP contribution < -0.4 is 0 Å². The van der Waals surface area contributed by atoms with Crippen molar-refractivity contribution >= 4 is 29.1 Å². The molecule has 0 fully saturated rings. The van der Waals surface area contributed by atoms with Gasteiger partial charge in [0.1, 0.15) is 6.54 Å². The van der Waals surface area contributed by atoms with Crippen LogP contribution in [0.5, 0.6) is 0 Å². The predicted octanol–water partition coefficient (Wildman–Crippen LogP) is 3.88. The Morgan fingerprint density at radius 3 is 2.28 bits per heavy atom. The molecule has 0 atom stereocenters. The van der Waals surface area contributed by atoms with Gasteiger partial charge in [0, 0.05) is 33.7 Å². The molecule has 0 saturated heterocycles. The first-order valence-corrected chi connectivity index (χ1v) is 11.2. The van der Waals surface area contributed by atoms with Gasteiger partial charge in [-0.2, -0.15) is 0 Å². The zero-order valence-electron chi connectivity index (χ0n) is 19.1. The molecule has 170 valence electrons. The zero-order valence-corrected chi connectivity index (χ0v) is 20.0. The summed E-state index contributed by atoms with van der Waals surface area (Å²) in [7, 11) is 0. The highest BCUT2D eigenvalue weighted by atomic mass is 32.1. The minimum Gasteiger partial charge on any atom is -0.462 e. The highest BCUT2D eigenvalue weighted by Crippen LogP contribution is 2.24. The minimum atomic E-state index is -0.556. The van der Waals surface area contributed by atoms with Gasteiger partial charge in [-0.15, -0.1) is 11.3 Å². The SMILES string of the molecule is CCOC(=O)c1cc(C)n(CC(=O)OCC(=O)c2cc(C)n(-c3nc(C)cs3)c2C)c1C. The number of aromatic nitrogens is 3. The smallest absolute Gasteiger partial charge is 0.339 e. The van der Waals surface area contributed by atoms with E-state index in [1.165, 1.54) is 11.3 Å². The van der Waals surface area contributed by atoms with Crippen molar-refractivity contribution in [3.05, 3.63) is 57.1 Å². The van der Waals surface area contributed by atoms with Gasteiger partial charge in [0.25, 0.3) is 0 Å². The van der Waals surface area contributed by atoms with Crippen molar-refractivity contribution in [3.8, 4) is 5.13 Å². The fourth-order valence-electron chi connectivity index (χ4n) is 3.64. The molecule has 32 heavy (non-hydrogen) atoms. The van der Waals surface area contributed by atoms with Crippen LogP contribution >= 0.6 is 11.3 Å². The van der Waals surface area contributed by atoms with Crippen molar-refractivity contribution in [1.82, 2.24) is 14.1 Å². The first-order chi connectivity index (χ1) is 15.1. The molecule has 3 aromatic heterocycles. The van der Waals surface area contributed by atoms with E-state index in [1.54, 1.807) is 37.5 Å². The fraction of sp³-hybridized carbons (Fsp3) is 0.391. The second-order valence-electron chi connectivity index (χ2n) is 7.57. The summed E-state index contributed by atoms with van der Waals surface area (Å²) in [6.07, 6.45) is 0. The van der Waals surface area contributed by atoms with Crippen molar-refractivity contribution in [2.75, 3.05) is 13.2 Å². The van der Waals surface area contributed by atoms with Gasteiger partial charge < -0.3 is 14.0 Å². The lowest BCUT2D eigenvalue weighted by molar-refractivity contribution is -0.143. The van der Waals surface area contributed by atoms with Crippen LogP contribution in [0.2, 0.25) is 0 Å². The summed E-state index contributed by atoms with van der Waals surface area (Å²) in [5.41, 5.74) is 4.83. The van der Waals surface area contributed by atoms with Gasteiger partial charge in [0.2, 0.25) is 5.78 Å². The van der Waals surface area contributed by atoms with Crippen LogP contribution in [-0.4, -0.2) is 45.1 Å². The maximum Gasteiger partial charge on any atom is 0.339 e. The second kappa shape index (κ2) is 9.52. The average Bonchev–Trinajstić information content (AvgIpc) is 3.37. The standard InChI is InChI=1S/C23H27N3O5S/c1-7-30-22(29)19-8-14(3)25(16(19)5)10-21(28)31-11-20(27)18-9-15(4)26(17(18)6)23-24-13(2)12-32-23/h8-9,12H,7,10-11H2,1-6H3. The van der Waals surface area contributed by atoms with Gasteiger partial charge in [0.05, 0.1) is 17.9 Å². The molecular weight excluding hydrogens is 430 g/mol. The number of esters is 2. The molecular formula is C23H27N3O5S. The second-order valence-corrected chi connectivity index (χ2v) is 8.40. The van der Waals surface area contributed by atoms with E-state index in [0.29, 0.717) is 16.8 Å². The molecule has 0 aliphatic heterocycles. The molecule has 0 aliphatic carbocycles. The minimum absolute atomic E-state index is 0.0955. The third kappa shape index (κ3) is 4.67. The molecule has 0 N–H and O–H groups in total. The monoisotopic (exact) mass is 457 g/mol. The van der Waals surface area contributed by atoms with E-state index < -0.39 is 11.9 Å². The number of nitrogens with zero attached hydrogens (tertiary/aromatic N) is 3. The fourth-order valence-corrected chi connectivity index (χ4v) is 4.55. The number of hydrogen-bond acceptors (Lipinski definition) is 7. The summed E-state index contributed by atoms with van der Waals surface area (Å²) in [6, 6.07) is 3.47. The number of aryl methyl sites for hydroxylation is 3. The molecule has 0 aliphatic rings. The number of rotatable bonds is 8. The topological polar surface area (TPSA) is 92.4 Å². The van der Waals surface area contributed by atoms with Crippen molar-refractivity contribution in [1.29, 1.82) is 0 Å².